The second kappa shape index (κ2) is 8.02. The van der Waals surface area contributed by atoms with Gasteiger partial charge in [-0.2, -0.15) is 13.2 Å². The van der Waals surface area contributed by atoms with Gasteiger partial charge >= 0.3 is 6.18 Å². The van der Waals surface area contributed by atoms with Gasteiger partial charge in [-0.3, -0.25) is 4.79 Å². The van der Waals surface area contributed by atoms with Gasteiger partial charge < -0.3 is 15.8 Å². The monoisotopic (exact) mass is 352 g/mol. The topological polar surface area (TPSA) is 64.4 Å². The number of alkyl halides is 3. The van der Waals surface area contributed by atoms with Crippen molar-refractivity contribution >= 4 is 11.6 Å². The standard InChI is InChI=1S/C18H19F3N2O2/c1-12-9-14(7-8-16(12)25-11-18(19,20)21)23-17(24)10-15(22)13-5-3-2-4-6-13/h2-9,15H,10-11,22H2,1H3,(H,23,24). The molecule has 0 aliphatic heterocycles. The third-order valence-corrected chi connectivity index (χ3v) is 3.48. The maximum absolute atomic E-state index is 12.2. The van der Waals surface area contributed by atoms with Crippen molar-refractivity contribution in [3.8, 4) is 5.75 Å². The zero-order valence-electron chi connectivity index (χ0n) is 13.6. The number of halogens is 3. The summed E-state index contributed by atoms with van der Waals surface area (Å²) in [5, 5.41) is 2.69. The highest BCUT2D eigenvalue weighted by atomic mass is 19.4. The molecule has 4 nitrogen and oxygen atoms in total. The Hall–Kier alpha value is -2.54. The predicted octanol–water partition coefficient (Wildman–Crippen LogP) is 3.96. The number of benzene rings is 2. The van der Waals surface area contributed by atoms with Crippen molar-refractivity contribution in [2.45, 2.75) is 25.6 Å². The number of carbonyl (C=O) groups excluding carboxylic acids is 1. The molecule has 0 saturated carbocycles. The molecule has 0 fully saturated rings. The van der Waals surface area contributed by atoms with Gasteiger partial charge in [0.15, 0.2) is 6.61 Å². The first kappa shape index (κ1) is 18.8. The predicted molar refractivity (Wildman–Crippen MR) is 89.3 cm³/mol. The molecule has 0 heterocycles. The van der Waals surface area contributed by atoms with Crippen molar-refractivity contribution in [1.29, 1.82) is 0 Å². The molecular weight excluding hydrogens is 333 g/mol. The van der Waals surface area contributed by atoms with Gasteiger partial charge in [0.05, 0.1) is 0 Å². The van der Waals surface area contributed by atoms with Crippen LogP contribution in [-0.2, 0) is 4.79 Å². The minimum Gasteiger partial charge on any atom is -0.484 e. The molecule has 0 bridgehead atoms. The molecule has 0 aliphatic carbocycles. The summed E-state index contributed by atoms with van der Waals surface area (Å²) in [4.78, 5) is 12.1. The van der Waals surface area contributed by atoms with Gasteiger partial charge in [0.2, 0.25) is 5.91 Å². The van der Waals surface area contributed by atoms with E-state index in [1.54, 1.807) is 13.0 Å². The number of nitrogens with two attached hydrogens (primary N) is 1. The molecule has 25 heavy (non-hydrogen) atoms. The van der Waals surface area contributed by atoms with Gasteiger partial charge in [0.25, 0.3) is 0 Å². The van der Waals surface area contributed by atoms with Crippen molar-refractivity contribution in [2.24, 2.45) is 5.73 Å². The summed E-state index contributed by atoms with van der Waals surface area (Å²) in [6.07, 6.45) is -4.30. The molecule has 0 radical (unpaired) electrons. The van der Waals surface area contributed by atoms with Crippen LogP contribution in [0.5, 0.6) is 5.75 Å². The Kier molecular flexibility index (Phi) is 6.03. The molecule has 7 heteroatoms. The third-order valence-electron chi connectivity index (χ3n) is 3.48. The Morgan fingerprint density at radius 1 is 1.20 bits per heavy atom. The fourth-order valence-corrected chi connectivity index (χ4v) is 2.28. The van der Waals surface area contributed by atoms with Gasteiger partial charge in [0.1, 0.15) is 5.75 Å². The summed E-state index contributed by atoms with van der Waals surface area (Å²) in [5.41, 5.74) is 7.82. The third kappa shape index (κ3) is 6.11. The highest BCUT2D eigenvalue weighted by Gasteiger charge is 2.28. The lowest BCUT2D eigenvalue weighted by atomic mass is 10.0. The Morgan fingerprint density at radius 3 is 2.48 bits per heavy atom. The quantitative estimate of drug-likeness (QED) is 0.827. The van der Waals surface area contributed by atoms with Crippen molar-refractivity contribution < 1.29 is 22.7 Å². The molecule has 0 saturated heterocycles. The highest BCUT2D eigenvalue weighted by Crippen LogP contribution is 2.25. The molecule has 2 aromatic rings. The van der Waals surface area contributed by atoms with E-state index < -0.39 is 18.8 Å². The number of rotatable bonds is 6. The van der Waals surface area contributed by atoms with E-state index in [1.807, 2.05) is 30.3 Å². The van der Waals surface area contributed by atoms with Crippen LogP contribution in [0.2, 0.25) is 0 Å². The minimum atomic E-state index is -4.40. The van der Waals surface area contributed by atoms with E-state index in [-0.39, 0.29) is 18.1 Å². The summed E-state index contributed by atoms with van der Waals surface area (Å²) in [7, 11) is 0. The fourth-order valence-electron chi connectivity index (χ4n) is 2.28. The van der Waals surface area contributed by atoms with E-state index in [0.717, 1.165) is 5.56 Å². The lowest BCUT2D eigenvalue weighted by molar-refractivity contribution is -0.153. The summed E-state index contributed by atoms with van der Waals surface area (Å²) < 4.78 is 41.3. The van der Waals surface area contributed by atoms with Gasteiger partial charge in [-0.05, 0) is 36.2 Å². The number of ether oxygens (including phenoxy) is 1. The molecule has 1 atom stereocenters. The maximum Gasteiger partial charge on any atom is 0.422 e. The largest absolute Gasteiger partial charge is 0.484 e. The molecule has 0 aromatic heterocycles. The molecule has 2 aromatic carbocycles. The molecule has 134 valence electrons. The molecular formula is C18H19F3N2O2. The highest BCUT2D eigenvalue weighted by molar-refractivity contribution is 5.91. The van der Waals surface area contributed by atoms with E-state index in [1.165, 1.54) is 12.1 Å². The van der Waals surface area contributed by atoms with E-state index in [0.29, 0.717) is 11.3 Å². The summed E-state index contributed by atoms with van der Waals surface area (Å²) in [6.45, 7) is 0.253. The zero-order chi connectivity index (χ0) is 18.4. The summed E-state index contributed by atoms with van der Waals surface area (Å²) in [6, 6.07) is 13.2. The van der Waals surface area contributed by atoms with Crippen LogP contribution in [0.1, 0.15) is 23.6 Å². The van der Waals surface area contributed by atoms with E-state index >= 15 is 0 Å². The molecule has 2 rings (SSSR count). The van der Waals surface area contributed by atoms with Gasteiger partial charge in [-0.1, -0.05) is 30.3 Å². The average molecular weight is 352 g/mol. The zero-order valence-corrected chi connectivity index (χ0v) is 13.6. The van der Waals surface area contributed by atoms with E-state index in [9.17, 15) is 18.0 Å². The minimum absolute atomic E-state index is 0.0926. The van der Waals surface area contributed by atoms with Crippen LogP contribution in [-0.4, -0.2) is 18.7 Å². The number of hydrogen-bond donors (Lipinski definition) is 2. The second-order valence-electron chi connectivity index (χ2n) is 5.65. The Bertz CT molecular complexity index is 718. The van der Waals surface area contributed by atoms with Gasteiger partial charge in [0, 0.05) is 18.2 Å². The average Bonchev–Trinajstić information content (AvgIpc) is 2.54. The molecule has 1 amide bonds. The first-order valence-corrected chi connectivity index (χ1v) is 7.65. The smallest absolute Gasteiger partial charge is 0.422 e. The van der Waals surface area contributed by atoms with E-state index in [2.05, 4.69) is 5.32 Å². The van der Waals surface area contributed by atoms with Crippen molar-refractivity contribution in [2.75, 3.05) is 11.9 Å². The number of amides is 1. The van der Waals surface area contributed by atoms with Crippen LogP contribution in [0.3, 0.4) is 0 Å². The number of anilines is 1. The Morgan fingerprint density at radius 2 is 1.88 bits per heavy atom. The number of aryl methyl sites for hydroxylation is 1. The molecule has 0 spiro atoms. The lowest BCUT2D eigenvalue weighted by Gasteiger charge is -2.14. The van der Waals surface area contributed by atoms with Crippen molar-refractivity contribution in [3.05, 3.63) is 59.7 Å². The Balaban J connectivity index is 1.94. The van der Waals surface area contributed by atoms with Crippen LogP contribution >= 0.6 is 0 Å². The van der Waals surface area contributed by atoms with Crippen LogP contribution in [0, 0.1) is 6.92 Å². The number of hydrogen-bond acceptors (Lipinski definition) is 3. The fraction of sp³-hybridized carbons (Fsp3) is 0.278. The summed E-state index contributed by atoms with van der Waals surface area (Å²) >= 11 is 0. The van der Waals surface area contributed by atoms with Crippen LogP contribution in [0.15, 0.2) is 48.5 Å². The Labute approximate surface area is 143 Å². The van der Waals surface area contributed by atoms with Crippen LogP contribution in [0.4, 0.5) is 18.9 Å². The normalized spacial score (nSPS) is 12.5. The van der Waals surface area contributed by atoms with Gasteiger partial charge in [-0.25, -0.2) is 0 Å². The molecule has 3 N–H and O–H groups in total. The molecule has 0 aliphatic rings. The molecule has 1 unspecified atom stereocenters. The van der Waals surface area contributed by atoms with Crippen LogP contribution < -0.4 is 15.8 Å². The lowest BCUT2D eigenvalue weighted by Crippen LogP contribution is -2.21. The SMILES string of the molecule is Cc1cc(NC(=O)CC(N)c2ccccc2)ccc1OCC(F)(F)F. The van der Waals surface area contributed by atoms with Gasteiger partial charge in [-0.15, -0.1) is 0 Å². The number of carbonyl (C=O) groups is 1. The van der Waals surface area contributed by atoms with Crippen molar-refractivity contribution in [1.82, 2.24) is 0 Å². The van der Waals surface area contributed by atoms with Crippen molar-refractivity contribution in [3.63, 3.8) is 0 Å². The first-order valence-electron chi connectivity index (χ1n) is 7.65. The maximum atomic E-state index is 12.2. The van der Waals surface area contributed by atoms with E-state index in [4.69, 9.17) is 10.5 Å². The summed E-state index contributed by atoms with van der Waals surface area (Å²) in [5.74, 6) is -0.156. The second-order valence-corrected chi connectivity index (χ2v) is 5.65. The number of nitrogens with one attached hydrogen (secondary N) is 1. The first-order chi connectivity index (χ1) is 11.7. The van der Waals surface area contributed by atoms with Crippen LogP contribution in [0.25, 0.3) is 0 Å².